The topological polar surface area (TPSA) is 53.6 Å². The highest BCUT2D eigenvalue weighted by Gasteiger charge is 2.15. The summed E-state index contributed by atoms with van der Waals surface area (Å²) in [5.41, 5.74) is 3.38. The molecule has 1 aliphatic heterocycles. The number of nitrogens with one attached hydrogen (secondary N) is 2. The molecule has 0 unspecified atom stereocenters. The van der Waals surface area contributed by atoms with Gasteiger partial charge in [0.15, 0.2) is 0 Å². The number of ether oxygens (including phenoxy) is 1. The van der Waals surface area contributed by atoms with Crippen LogP contribution in [0.3, 0.4) is 0 Å². The Kier molecular flexibility index (Phi) is 4.87. The summed E-state index contributed by atoms with van der Waals surface area (Å²) in [6, 6.07) is 0. The molecule has 2 N–H and O–H groups in total. The molecule has 20 heavy (non-hydrogen) atoms. The zero-order chi connectivity index (χ0) is 14.4. The molecule has 108 valence electrons. The molecule has 2 rings (SSSR count). The van der Waals surface area contributed by atoms with E-state index in [2.05, 4.69) is 34.7 Å². The molecule has 0 atom stereocenters. The van der Waals surface area contributed by atoms with Crippen molar-refractivity contribution in [3.8, 4) is 0 Å². The molecule has 0 saturated heterocycles. The number of carbonyl (C=O) groups excluding carboxylic acids is 1. The van der Waals surface area contributed by atoms with Crippen LogP contribution in [0.5, 0.6) is 0 Å². The van der Waals surface area contributed by atoms with Crippen LogP contribution in [-0.4, -0.2) is 24.1 Å². The molecule has 1 aliphatic carbocycles. The fourth-order valence-corrected chi connectivity index (χ4v) is 2.10. The third kappa shape index (κ3) is 3.91. The van der Waals surface area contributed by atoms with Crippen LogP contribution in [0.2, 0.25) is 0 Å². The van der Waals surface area contributed by atoms with Crippen molar-refractivity contribution < 1.29 is 9.53 Å². The predicted octanol–water partition coefficient (Wildman–Crippen LogP) is 1.94. The van der Waals surface area contributed by atoms with E-state index in [1.807, 2.05) is 13.0 Å². The minimum absolute atomic E-state index is 0.153. The van der Waals surface area contributed by atoms with Crippen LogP contribution in [0.15, 0.2) is 47.8 Å². The van der Waals surface area contributed by atoms with Crippen LogP contribution < -0.4 is 10.6 Å². The normalized spacial score (nSPS) is 18.3. The summed E-state index contributed by atoms with van der Waals surface area (Å²) in [6.07, 6.45) is 10.7. The number of nitrogens with zero attached hydrogens (tertiary/aromatic N) is 1. The Hall–Kier alpha value is -2.17. The van der Waals surface area contributed by atoms with E-state index in [1.165, 1.54) is 23.7 Å². The minimum atomic E-state index is -0.153. The Bertz CT molecular complexity index is 489. The minimum Gasteiger partial charge on any atom is -0.501 e. The Balaban J connectivity index is 1.88. The molecule has 0 aromatic rings. The second-order valence-corrected chi connectivity index (χ2v) is 4.71. The van der Waals surface area contributed by atoms with Crippen LogP contribution >= 0.6 is 0 Å². The first-order valence-electron chi connectivity index (χ1n) is 6.87. The summed E-state index contributed by atoms with van der Waals surface area (Å²) < 4.78 is 5.00. The van der Waals surface area contributed by atoms with Crippen molar-refractivity contribution >= 4 is 5.91 Å². The lowest BCUT2D eigenvalue weighted by atomic mass is 10.1. The third-order valence-corrected chi connectivity index (χ3v) is 3.14. The highest BCUT2D eigenvalue weighted by atomic mass is 16.5. The molecule has 0 fully saturated rings. The first kappa shape index (κ1) is 14.2. The third-order valence-electron chi connectivity index (χ3n) is 3.14. The fourth-order valence-electron chi connectivity index (χ4n) is 2.10. The van der Waals surface area contributed by atoms with Gasteiger partial charge in [0.05, 0.1) is 19.5 Å². The van der Waals surface area contributed by atoms with Gasteiger partial charge in [0.1, 0.15) is 0 Å². The van der Waals surface area contributed by atoms with Crippen LogP contribution in [0, 0.1) is 0 Å². The first-order chi connectivity index (χ1) is 9.69. The molecular weight excluding hydrogens is 254 g/mol. The van der Waals surface area contributed by atoms with E-state index < -0.39 is 0 Å². The first-order valence-corrected chi connectivity index (χ1v) is 6.87. The van der Waals surface area contributed by atoms with E-state index in [0.29, 0.717) is 6.61 Å². The quantitative estimate of drug-likeness (QED) is 0.595. The Morgan fingerprint density at radius 1 is 1.50 bits per heavy atom. The van der Waals surface area contributed by atoms with Gasteiger partial charge in [0.25, 0.3) is 5.91 Å². The van der Waals surface area contributed by atoms with Gasteiger partial charge in [-0.2, -0.15) is 0 Å². The van der Waals surface area contributed by atoms with Crippen molar-refractivity contribution in [2.75, 3.05) is 13.3 Å². The van der Waals surface area contributed by atoms with Gasteiger partial charge < -0.3 is 20.3 Å². The molecule has 1 heterocycles. The molecular formula is C15H21N3O2. The number of rotatable bonds is 5. The van der Waals surface area contributed by atoms with Gasteiger partial charge in [-0.05, 0) is 38.8 Å². The monoisotopic (exact) mass is 275 g/mol. The number of carbonyl (C=O) groups is 1. The molecule has 5 heteroatoms. The summed E-state index contributed by atoms with van der Waals surface area (Å²) in [7, 11) is 0. The Morgan fingerprint density at radius 3 is 2.95 bits per heavy atom. The fraction of sp³-hybridized carbons (Fsp3) is 0.400. The number of allylic oxidation sites excluding steroid dienone is 5. The van der Waals surface area contributed by atoms with Crippen LogP contribution in [0.1, 0.15) is 26.7 Å². The predicted molar refractivity (Wildman–Crippen MR) is 77.9 cm³/mol. The van der Waals surface area contributed by atoms with E-state index in [1.54, 1.807) is 0 Å². The lowest BCUT2D eigenvalue weighted by Crippen LogP contribution is -2.25. The van der Waals surface area contributed by atoms with E-state index >= 15 is 0 Å². The van der Waals surface area contributed by atoms with Crippen LogP contribution in [0.4, 0.5) is 0 Å². The molecule has 0 bridgehead atoms. The maximum absolute atomic E-state index is 11.6. The second-order valence-electron chi connectivity index (χ2n) is 4.71. The molecule has 2 aliphatic rings. The Morgan fingerprint density at radius 2 is 2.35 bits per heavy atom. The summed E-state index contributed by atoms with van der Waals surface area (Å²) in [5.74, 6) is -0.153. The SMILES string of the molecule is CCO/C=C/C(=O)NC1=CC=C(N2C=C(C)NC2)CC1. The maximum atomic E-state index is 11.6. The van der Waals surface area contributed by atoms with Crippen molar-refractivity contribution in [1.29, 1.82) is 0 Å². The van der Waals surface area contributed by atoms with Crippen LogP contribution in [0.25, 0.3) is 0 Å². The highest BCUT2D eigenvalue weighted by Crippen LogP contribution is 2.22. The summed E-state index contributed by atoms with van der Waals surface area (Å²) >= 11 is 0. The van der Waals surface area contributed by atoms with Crippen molar-refractivity contribution in [3.05, 3.63) is 47.8 Å². The lowest BCUT2D eigenvalue weighted by Gasteiger charge is -2.22. The van der Waals surface area contributed by atoms with Gasteiger partial charge in [-0.15, -0.1) is 0 Å². The van der Waals surface area contributed by atoms with Crippen molar-refractivity contribution in [1.82, 2.24) is 15.5 Å². The maximum Gasteiger partial charge on any atom is 0.251 e. The molecule has 1 amide bonds. The molecule has 5 nitrogen and oxygen atoms in total. The number of amides is 1. The van der Waals surface area contributed by atoms with Gasteiger partial charge >= 0.3 is 0 Å². The van der Waals surface area contributed by atoms with Crippen molar-refractivity contribution in [3.63, 3.8) is 0 Å². The van der Waals surface area contributed by atoms with Crippen molar-refractivity contribution in [2.24, 2.45) is 0 Å². The van der Waals surface area contributed by atoms with Gasteiger partial charge in [-0.1, -0.05) is 0 Å². The summed E-state index contributed by atoms with van der Waals surface area (Å²) in [4.78, 5) is 13.8. The molecule has 0 saturated carbocycles. The number of hydrogen-bond acceptors (Lipinski definition) is 4. The van der Waals surface area contributed by atoms with Gasteiger partial charge in [-0.3, -0.25) is 4.79 Å². The molecule has 0 spiro atoms. The zero-order valence-corrected chi connectivity index (χ0v) is 12.0. The van der Waals surface area contributed by atoms with E-state index in [9.17, 15) is 4.79 Å². The average Bonchev–Trinajstić information content (AvgIpc) is 2.86. The van der Waals surface area contributed by atoms with Crippen molar-refractivity contribution in [2.45, 2.75) is 26.7 Å². The van der Waals surface area contributed by atoms with E-state index in [0.717, 1.165) is 25.2 Å². The summed E-state index contributed by atoms with van der Waals surface area (Å²) in [6.45, 7) is 5.32. The lowest BCUT2D eigenvalue weighted by molar-refractivity contribution is -0.116. The van der Waals surface area contributed by atoms with Gasteiger partial charge in [0.2, 0.25) is 0 Å². The molecule has 0 radical (unpaired) electrons. The largest absolute Gasteiger partial charge is 0.501 e. The van der Waals surface area contributed by atoms with E-state index in [4.69, 9.17) is 4.74 Å². The number of hydrogen-bond donors (Lipinski definition) is 2. The highest BCUT2D eigenvalue weighted by molar-refractivity contribution is 5.88. The average molecular weight is 275 g/mol. The summed E-state index contributed by atoms with van der Waals surface area (Å²) in [5, 5.41) is 6.13. The molecule has 0 aromatic heterocycles. The molecule has 0 aromatic carbocycles. The van der Waals surface area contributed by atoms with Gasteiger partial charge in [0, 0.05) is 29.4 Å². The second kappa shape index (κ2) is 6.84. The Labute approximate surface area is 119 Å². The zero-order valence-electron chi connectivity index (χ0n) is 12.0. The van der Waals surface area contributed by atoms with Gasteiger partial charge in [-0.25, -0.2) is 0 Å². The standard InChI is InChI=1S/C15H21N3O2/c1-3-20-9-8-15(19)17-13-4-6-14(7-5-13)18-10-12(2)16-11-18/h4,6,8-10,16H,3,5,7,11H2,1-2H3,(H,17,19)/b9-8+. The smallest absolute Gasteiger partial charge is 0.251 e. The van der Waals surface area contributed by atoms with E-state index in [-0.39, 0.29) is 5.91 Å². The van der Waals surface area contributed by atoms with Crippen LogP contribution in [-0.2, 0) is 9.53 Å².